The molecule has 2 N–H and O–H groups in total. The molecule has 28 heavy (non-hydrogen) atoms. The van der Waals surface area contributed by atoms with Crippen LogP contribution in [-0.2, 0) is 6.54 Å². The number of piperidine rings is 1. The van der Waals surface area contributed by atoms with Crippen LogP contribution in [0.4, 0.5) is 13.6 Å². The lowest BCUT2D eigenvalue weighted by Crippen LogP contribution is -2.48. The van der Waals surface area contributed by atoms with E-state index in [1.54, 1.807) is 6.92 Å². The smallest absolute Gasteiger partial charge is 0.315 e. The first kappa shape index (κ1) is 20.6. The van der Waals surface area contributed by atoms with Gasteiger partial charge in [0.2, 0.25) is 0 Å². The summed E-state index contributed by atoms with van der Waals surface area (Å²) >= 11 is 5.92. The second kappa shape index (κ2) is 9.34. The summed E-state index contributed by atoms with van der Waals surface area (Å²) in [6.07, 6.45) is 1.72. The van der Waals surface area contributed by atoms with Crippen LogP contribution in [0, 0.1) is 11.6 Å². The van der Waals surface area contributed by atoms with Crippen LogP contribution in [-0.4, -0.2) is 30.1 Å². The molecule has 1 heterocycles. The Morgan fingerprint density at radius 3 is 2.46 bits per heavy atom. The molecular weight excluding hydrogens is 384 g/mol. The van der Waals surface area contributed by atoms with Gasteiger partial charge in [-0.2, -0.15) is 0 Å². The van der Waals surface area contributed by atoms with Crippen LogP contribution in [0.2, 0.25) is 5.02 Å². The van der Waals surface area contributed by atoms with E-state index in [2.05, 4.69) is 15.5 Å². The average molecular weight is 408 g/mol. The van der Waals surface area contributed by atoms with Crippen molar-refractivity contribution in [2.24, 2.45) is 0 Å². The Hall–Kier alpha value is -2.18. The highest BCUT2D eigenvalue weighted by Crippen LogP contribution is 2.17. The fraction of sp³-hybridized carbons (Fsp3) is 0.381. The second-order valence-electron chi connectivity index (χ2n) is 7.19. The van der Waals surface area contributed by atoms with E-state index in [1.165, 1.54) is 11.6 Å². The van der Waals surface area contributed by atoms with E-state index in [1.807, 2.05) is 24.3 Å². The molecule has 2 aromatic carbocycles. The van der Waals surface area contributed by atoms with Crippen LogP contribution < -0.4 is 10.6 Å². The average Bonchev–Trinajstić information content (AvgIpc) is 2.67. The third-order valence-corrected chi connectivity index (χ3v) is 5.29. The van der Waals surface area contributed by atoms with Crippen LogP contribution in [0.1, 0.15) is 36.9 Å². The Morgan fingerprint density at radius 1 is 1.14 bits per heavy atom. The van der Waals surface area contributed by atoms with Crippen molar-refractivity contribution in [3.05, 3.63) is 70.2 Å². The first-order chi connectivity index (χ1) is 13.4. The molecule has 1 fully saturated rings. The number of benzene rings is 2. The molecule has 0 radical (unpaired) electrons. The molecule has 1 unspecified atom stereocenters. The van der Waals surface area contributed by atoms with E-state index in [-0.39, 0.29) is 12.1 Å². The van der Waals surface area contributed by atoms with Crippen molar-refractivity contribution in [1.82, 2.24) is 15.5 Å². The molecule has 0 bridgehead atoms. The molecule has 1 atom stereocenters. The number of nitrogens with one attached hydrogen (secondary N) is 2. The summed E-state index contributed by atoms with van der Waals surface area (Å²) in [5.41, 5.74) is 1.74. The molecule has 1 saturated heterocycles. The SMILES string of the molecule is CC(NC(=O)NC1CCN(Cc2ccc(Cl)cc2)CC1)c1ccc(F)c(F)c1. The number of nitrogens with zero attached hydrogens (tertiary/aromatic N) is 1. The highest BCUT2D eigenvalue weighted by atomic mass is 35.5. The summed E-state index contributed by atoms with van der Waals surface area (Å²) in [4.78, 5) is 14.6. The van der Waals surface area contributed by atoms with Gasteiger partial charge in [0.1, 0.15) is 0 Å². The Kier molecular flexibility index (Phi) is 6.86. The predicted molar refractivity (Wildman–Crippen MR) is 106 cm³/mol. The lowest BCUT2D eigenvalue weighted by atomic mass is 10.0. The number of amides is 2. The summed E-state index contributed by atoms with van der Waals surface area (Å²) in [7, 11) is 0. The topological polar surface area (TPSA) is 44.4 Å². The molecule has 7 heteroatoms. The quantitative estimate of drug-likeness (QED) is 0.758. The highest BCUT2D eigenvalue weighted by molar-refractivity contribution is 6.30. The van der Waals surface area contributed by atoms with E-state index >= 15 is 0 Å². The summed E-state index contributed by atoms with van der Waals surface area (Å²) in [6, 6.07) is 10.9. The maximum absolute atomic E-state index is 13.3. The van der Waals surface area contributed by atoms with Gasteiger partial charge in [0.25, 0.3) is 0 Å². The van der Waals surface area contributed by atoms with Gasteiger partial charge in [0.15, 0.2) is 11.6 Å². The van der Waals surface area contributed by atoms with Crippen LogP contribution in [0.15, 0.2) is 42.5 Å². The van der Waals surface area contributed by atoms with Crippen molar-refractivity contribution >= 4 is 17.6 Å². The van der Waals surface area contributed by atoms with Gasteiger partial charge in [-0.3, -0.25) is 4.90 Å². The minimum absolute atomic E-state index is 0.0959. The van der Waals surface area contributed by atoms with Gasteiger partial charge in [0, 0.05) is 30.7 Å². The molecule has 2 amide bonds. The van der Waals surface area contributed by atoms with Gasteiger partial charge in [0.05, 0.1) is 6.04 Å². The van der Waals surface area contributed by atoms with Crippen LogP contribution in [0.3, 0.4) is 0 Å². The van der Waals surface area contributed by atoms with Crippen molar-refractivity contribution in [3.63, 3.8) is 0 Å². The third-order valence-electron chi connectivity index (χ3n) is 5.03. The number of urea groups is 1. The van der Waals surface area contributed by atoms with Crippen molar-refractivity contribution < 1.29 is 13.6 Å². The van der Waals surface area contributed by atoms with Gasteiger partial charge in [-0.05, 0) is 55.2 Å². The van der Waals surface area contributed by atoms with Crippen molar-refractivity contribution in [2.45, 2.75) is 38.4 Å². The maximum atomic E-state index is 13.3. The van der Waals surface area contributed by atoms with Crippen molar-refractivity contribution in [2.75, 3.05) is 13.1 Å². The van der Waals surface area contributed by atoms with Crippen molar-refractivity contribution in [3.8, 4) is 0 Å². The number of halogens is 3. The van der Waals surface area contributed by atoms with E-state index in [0.29, 0.717) is 5.56 Å². The molecule has 150 valence electrons. The molecule has 3 rings (SSSR count). The van der Waals surface area contributed by atoms with E-state index in [0.717, 1.165) is 49.6 Å². The van der Waals surface area contributed by atoms with Crippen molar-refractivity contribution in [1.29, 1.82) is 0 Å². The normalized spacial score (nSPS) is 16.6. The molecule has 1 aliphatic heterocycles. The molecular formula is C21H24ClF2N3O. The Balaban J connectivity index is 1.43. The summed E-state index contributed by atoms with van der Waals surface area (Å²) in [6.45, 7) is 4.39. The lowest BCUT2D eigenvalue weighted by molar-refractivity contribution is 0.186. The molecule has 4 nitrogen and oxygen atoms in total. The number of hydrogen-bond acceptors (Lipinski definition) is 2. The van der Waals surface area contributed by atoms with Crippen LogP contribution in [0.5, 0.6) is 0 Å². The lowest BCUT2D eigenvalue weighted by Gasteiger charge is -2.32. The molecule has 2 aromatic rings. The third kappa shape index (κ3) is 5.66. The molecule has 0 aliphatic carbocycles. The molecule has 0 saturated carbocycles. The Bertz CT molecular complexity index is 808. The number of carbonyl (C=O) groups is 1. The highest BCUT2D eigenvalue weighted by Gasteiger charge is 2.21. The summed E-state index contributed by atoms with van der Waals surface area (Å²) < 4.78 is 26.4. The number of hydrogen-bond donors (Lipinski definition) is 2. The van der Waals surface area contributed by atoms with Gasteiger partial charge in [-0.1, -0.05) is 29.8 Å². The number of carbonyl (C=O) groups excluding carboxylic acids is 1. The van der Waals surface area contributed by atoms with Gasteiger partial charge in [-0.25, -0.2) is 13.6 Å². The zero-order chi connectivity index (χ0) is 20.1. The molecule has 0 spiro atoms. The van der Waals surface area contributed by atoms with Crippen LogP contribution >= 0.6 is 11.6 Å². The second-order valence-corrected chi connectivity index (χ2v) is 7.63. The first-order valence-corrected chi connectivity index (χ1v) is 9.77. The van der Waals surface area contributed by atoms with E-state index in [4.69, 9.17) is 11.6 Å². The summed E-state index contributed by atoms with van der Waals surface area (Å²) in [5, 5.41) is 6.49. The van der Waals surface area contributed by atoms with Gasteiger partial charge >= 0.3 is 6.03 Å². The van der Waals surface area contributed by atoms with Gasteiger partial charge < -0.3 is 10.6 Å². The molecule has 1 aliphatic rings. The Morgan fingerprint density at radius 2 is 1.82 bits per heavy atom. The number of rotatable bonds is 5. The number of likely N-dealkylation sites (tertiary alicyclic amines) is 1. The maximum Gasteiger partial charge on any atom is 0.315 e. The minimum Gasteiger partial charge on any atom is -0.335 e. The fourth-order valence-electron chi connectivity index (χ4n) is 3.37. The molecule has 0 aromatic heterocycles. The standard InChI is InChI=1S/C21H24ClF2N3O/c1-14(16-4-7-19(23)20(24)12-16)25-21(28)26-18-8-10-27(11-9-18)13-15-2-5-17(22)6-3-15/h2-7,12,14,18H,8-11,13H2,1H3,(H2,25,26,28). The van der Waals surface area contributed by atoms with Crippen LogP contribution in [0.25, 0.3) is 0 Å². The first-order valence-electron chi connectivity index (χ1n) is 9.39. The zero-order valence-electron chi connectivity index (χ0n) is 15.7. The Labute approximate surface area is 168 Å². The zero-order valence-corrected chi connectivity index (χ0v) is 16.5. The predicted octanol–water partition coefficient (Wildman–Crippen LogP) is 4.64. The monoisotopic (exact) mass is 407 g/mol. The fourth-order valence-corrected chi connectivity index (χ4v) is 3.50. The van der Waals surface area contributed by atoms with Gasteiger partial charge in [-0.15, -0.1) is 0 Å². The minimum atomic E-state index is -0.917. The largest absolute Gasteiger partial charge is 0.335 e. The van der Waals surface area contributed by atoms with E-state index < -0.39 is 17.7 Å². The van der Waals surface area contributed by atoms with E-state index in [9.17, 15) is 13.6 Å². The summed E-state index contributed by atoms with van der Waals surface area (Å²) in [5.74, 6) is -1.81.